The first kappa shape index (κ1) is 29.1. The van der Waals surface area contributed by atoms with Crippen LogP contribution in [0.3, 0.4) is 0 Å². The molecule has 43 heavy (non-hydrogen) atoms. The maximum atomic E-state index is 15.9. The summed E-state index contributed by atoms with van der Waals surface area (Å²) in [5, 5.41) is 24.8. The van der Waals surface area contributed by atoms with Crippen LogP contribution in [0.15, 0.2) is 90.2 Å². The summed E-state index contributed by atoms with van der Waals surface area (Å²) in [6.45, 7) is -0.545. The Morgan fingerprint density at radius 2 is 1.60 bits per heavy atom. The third-order valence-electron chi connectivity index (χ3n) is 6.53. The van der Waals surface area contributed by atoms with E-state index in [0.717, 1.165) is 41.3 Å². The molecule has 1 aliphatic heterocycles. The fourth-order valence-electron chi connectivity index (χ4n) is 4.21. The Hall–Kier alpha value is -5.43. The van der Waals surface area contributed by atoms with Crippen molar-refractivity contribution in [2.24, 2.45) is 5.10 Å². The van der Waals surface area contributed by atoms with E-state index in [1.165, 1.54) is 6.07 Å². The van der Waals surface area contributed by atoms with Crippen molar-refractivity contribution in [3.8, 4) is 23.7 Å². The number of aromatic nitrogens is 1. The highest BCUT2D eigenvalue weighted by molar-refractivity contribution is 5.55. The van der Waals surface area contributed by atoms with Gasteiger partial charge in [-0.05, 0) is 66.2 Å². The van der Waals surface area contributed by atoms with E-state index < -0.39 is 41.0 Å². The van der Waals surface area contributed by atoms with Gasteiger partial charge >= 0.3 is 5.92 Å². The van der Waals surface area contributed by atoms with Gasteiger partial charge in [-0.3, -0.25) is 9.99 Å². The predicted molar refractivity (Wildman–Crippen MR) is 148 cm³/mol. The molecule has 0 radical (unpaired) electrons. The van der Waals surface area contributed by atoms with E-state index >= 15 is 8.78 Å². The second kappa shape index (κ2) is 12.2. The number of pyridine rings is 1. The summed E-state index contributed by atoms with van der Waals surface area (Å²) in [6, 6.07) is 20.3. The molecule has 0 amide bonds. The van der Waals surface area contributed by atoms with Crippen molar-refractivity contribution >= 4 is 6.34 Å². The number of ether oxygens (including phenoxy) is 1. The van der Waals surface area contributed by atoms with Crippen LogP contribution in [0.5, 0.6) is 5.75 Å². The minimum Gasteiger partial charge on any atom is -0.489 e. The molecule has 0 bridgehead atoms. The van der Waals surface area contributed by atoms with Crippen molar-refractivity contribution in [1.29, 1.82) is 5.26 Å². The number of rotatable bonds is 8. The summed E-state index contributed by atoms with van der Waals surface area (Å²) in [4.78, 5) is 3.82. The normalized spacial score (nSPS) is 13.8. The van der Waals surface area contributed by atoms with E-state index in [4.69, 9.17) is 10.00 Å². The lowest BCUT2D eigenvalue weighted by Gasteiger charge is -2.38. The van der Waals surface area contributed by atoms with Crippen molar-refractivity contribution in [1.82, 2.24) is 21.1 Å². The molecule has 0 fully saturated rings. The minimum absolute atomic E-state index is 0.315. The second-order valence-electron chi connectivity index (χ2n) is 9.46. The molecule has 2 heterocycles. The van der Waals surface area contributed by atoms with Crippen molar-refractivity contribution in [2.45, 2.75) is 18.1 Å². The zero-order chi connectivity index (χ0) is 30.5. The number of aliphatic hydroxyl groups is 1. The summed E-state index contributed by atoms with van der Waals surface area (Å²) in [5.41, 5.74) is 2.29. The molecule has 12 heteroatoms. The monoisotopic (exact) mass is 586 g/mol. The maximum Gasteiger partial charge on any atom is 0.323 e. The molecule has 0 unspecified atom stereocenters. The molecular formula is C31H22F4N6O2. The van der Waals surface area contributed by atoms with Gasteiger partial charge in [-0.15, -0.1) is 5.53 Å². The molecule has 0 spiro atoms. The zero-order valence-electron chi connectivity index (χ0n) is 22.2. The van der Waals surface area contributed by atoms with Crippen molar-refractivity contribution in [3.63, 3.8) is 0 Å². The molecule has 8 nitrogen and oxygen atoms in total. The summed E-state index contributed by atoms with van der Waals surface area (Å²) in [7, 11) is 0. The lowest BCUT2D eigenvalue weighted by atomic mass is 9.84. The van der Waals surface area contributed by atoms with Crippen LogP contribution in [-0.2, 0) is 18.1 Å². The number of hydrogen-bond donors (Lipinski definition) is 3. The van der Waals surface area contributed by atoms with Crippen LogP contribution in [0.25, 0.3) is 0 Å². The SMILES string of the molecule is N#Cc1ccc(COc2ccc(C#Cc3ccc(C(F)(F)[C@](O)(CN4C=NNN4)c4ccc(F)cc4F)nc3)cc2)cc1. The fraction of sp³-hybridized carbons (Fsp3) is 0.129. The first-order chi connectivity index (χ1) is 20.7. The highest BCUT2D eigenvalue weighted by atomic mass is 19.3. The van der Waals surface area contributed by atoms with Gasteiger partial charge in [-0.2, -0.15) is 19.1 Å². The highest BCUT2D eigenvalue weighted by Gasteiger charge is 2.58. The topological polar surface area (TPSA) is 106 Å². The molecule has 216 valence electrons. The molecule has 3 aromatic carbocycles. The molecule has 1 atom stereocenters. The number of hydrogen-bond acceptors (Lipinski definition) is 8. The van der Waals surface area contributed by atoms with Gasteiger partial charge in [0.05, 0.1) is 18.2 Å². The Bertz CT molecular complexity index is 1730. The number of nitrogens with one attached hydrogen (secondary N) is 2. The van der Waals surface area contributed by atoms with Gasteiger partial charge in [-0.1, -0.05) is 24.0 Å². The lowest BCUT2D eigenvalue weighted by molar-refractivity contribution is -0.206. The summed E-state index contributed by atoms with van der Waals surface area (Å²) in [5.74, 6) is -0.103. The number of halogens is 4. The quantitative estimate of drug-likeness (QED) is 0.207. The van der Waals surface area contributed by atoms with Crippen LogP contribution in [0.1, 0.15) is 33.5 Å². The van der Waals surface area contributed by atoms with Gasteiger partial charge in [-0.25, -0.2) is 14.3 Å². The Morgan fingerprint density at radius 1 is 0.907 bits per heavy atom. The van der Waals surface area contributed by atoms with Gasteiger partial charge in [0.25, 0.3) is 0 Å². The Balaban J connectivity index is 1.30. The number of alkyl halides is 2. The standard InChI is InChI=1S/C31H22F4N6O2/c32-25-10-13-27(28(33)15-25)30(42,19-41-20-38-39-40-41)31(34,35)29-14-9-23(17-37-29)4-1-21-7-11-26(12-8-21)43-18-24-5-2-22(16-36)3-6-24/h2-3,5-15,17,20,39-40,42H,18-19H2/t30-/m0/s1. The third kappa shape index (κ3) is 6.41. The van der Waals surface area contributed by atoms with E-state index in [2.05, 4.69) is 39.1 Å². The Kier molecular flexibility index (Phi) is 8.25. The van der Waals surface area contributed by atoms with Crippen LogP contribution in [0.2, 0.25) is 0 Å². The lowest BCUT2D eigenvalue weighted by Crippen LogP contribution is -2.54. The van der Waals surface area contributed by atoms with Crippen molar-refractivity contribution in [2.75, 3.05) is 6.54 Å². The third-order valence-corrected chi connectivity index (χ3v) is 6.53. The van der Waals surface area contributed by atoms with Crippen molar-refractivity contribution in [3.05, 3.63) is 130 Å². The molecule has 3 N–H and O–H groups in total. The van der Waals surface area contributed by atoms with Gasteiger partial charge in [0.1, 0.15) is 36.0 Å². The van der Waals surface area contributed by atoms with Crippen LogP contribution in [0, 0.1) is 34.8 Å². The molecular weight excluding hydrogens is 564 g/mol. The van der Waals surface area contributed by atoms with Gasteiger partial charge in [0.2, 0.25) is 0 Å². The van der Waals surface area contributed by atoms with Gasteiger partial charge < -0.3 is 9.84 Å². The molecule has 1 aliphatic rings. The van der Waals surface area contributed by atoms with E-state index in [1.54, 1.807) is 36.4 Å². The molecule has 1 aromatic heterocycles. The first-order valence-electron chi connectivity index (χ1n) is 12.7. The smallest absolute Gasteiger partial charge is 0.323 e. The molecule has 0 aliphatic carbocycles. The van der Waals surface area contributed by atoms with Crippen LogP contribution in [-0.4, -0.2) is 28.0 Å². The summed E-state index contributed by atoms with van der Waals surface area (Å²) in [6.07, 6.45) is 2.20. The average Bonchev–Trinajstić information content (AvgIpc) is 3.52. The predicted octanol–water partition coefficient (Wildman–Crippen LogP) is 4.46. The van der Waals surface area contributed by atoms with Gasteiger partial charge in [0, 0.05) is 29.0 Å². The number of nitriles is 1. The maximum absolute atomic E-state index is 15.9. The molecule has 0 saturated heterocycles. The average molecular weight is 587 g/mol. The largest absolute Gasteiger partial charge is 0.489 e. The Morgan fingerprint density at radius 3 is 2.23 bits per heavy atom. The number of benzene rings is 3. The Labute approximate surface area is 243 Å². The van der Waals surface area contributed by atoms with Crippen LogP contribution < -0.4 is 15.8 Å². The highest BCUT2D eigenvalue weighted by Crippen LogP contribution is 2.46. The summed E-state index contributed by atoms with van der Waals surface area (Å²) >= 11 is 0. The van der Waals surface area contributed by atoms with Crippen LogP contribution in [0.4, 0.5) is 17.6 Å². The molecule has 4 aromatic rings. The number of β-amino-alcohol motifs (C(OH)–C–C–N with tert-alkyl or cyclic N) is 1. The molecule has 5 rings (SSSR count). The number of hydrazone groups is 1. The van der Waals surface area contributed by atoms with E-state index in [1.807, 2.05) is 12.1 Å². The second-order valence-corrected chi connectivity index (χ2v) is 9.46. The minimum atomic E-state index is -4.14. The van der Waals surface area contributed by atoms with Crippen LogP contribution >= 0.6 is 0 Å². The van der Waals surface area contributed by atoms with Crippen molar-refractivity contribution < 1.29 is 27.4 Å². The number of hydrazine groups is 2. The zero-order valence-corrected chi connectivity index (χ0v) is 22.2. The number of nitrogens with zero attached hydrogens (tertiary/aromatic N) is 4. The fourth-order valence-corrected chi connectivity index (χ4v) is 4.21. The van der Waals surface area contributed by atoms with E-state index in [9.17, 15) is 13.9 Å². The van der Waals surface area contributed by atoms with E-state index in [0.29, 0.717) is 35.1 Å². The van der Waals surface area contributed by atoms with E-state index in [-0.39, 0.29) is 0 Å². The first-order valence-corrected chi connectivity index (χ1v) is 12.7. The molecule has 0 saturated carbocycles. The summed E-state index contributed by atoms with van der Waals surface area (Å²) < 4.78 is 65.8. The van der Waals surface area contributed by atoms with Gasteiger partial charge in [0.15, 0.2) is 5.60 Å².